The molecule has 2 nitrogen and oxygen atoms in total. The molecule has 3 heteroatoms. The smallest absolute Gasteiger partial charge is 0.102 e. The van der Waals surface area contributed by atoms with Crippen LogP contribution in [0.3, 0.4) is 0 Å². The van der Waals surface area contributed by atoms with Crippen molar-refractivity contribution in [1.29, 1.82) is 10.5 Å². The standard InChI is InChI=1S/C8H6N2S/c1-5-7(3-9)8(4-10)6(2)11-5/h1-2H3. The summed E-state index contributed by atoms with van der Waals surface area (Å²) in [6.07, 6.45) is 0. The third-order valence-electron chi connectivity index (χ3n) is 1.48. The summed E-state index contributed by atoms with van der Waals surface area (Å²) in [6.45, 7) is 3.72. The lowest BCUT2D eigenvalue weighted by Crippen LogP contribution is -1.78. The van der Waals surface area contributed by atoms with Gasteiger partial charge >= 0.3 is 0 Å². The van der Waals surface area contributed by atoms with E-state index in [0.29, 0.717) is 11.1 Å². The number of hydrogen-bond acceptors (Lipinski definition) is 3. The topological polar surface area (TPSA) is 47.6 Å². The summed E-state index contributed by atoms with van der Waals surface area (Å²) in [5, 5.41) is 17.3. The first-order chi connectivity index (χ1) is 5.20. The average molecular weight is 162 g/mol. The van der Waals surface area contributed by atoms with Gasteiger partial charge in [-0.05, 0) is 13.8 Å². The molecule has 1 aromatic rings. The highest BCUT2D eigenvalue weighted by Gasteiger charge is 2.10. The number of hydrogen-bond donors (Lipinski definition) is 0. The summed E-state index contributed by atoms with van der Waals surface area (Å²) in [4.78, 5) is 1.86. The van der Waals surface area contributed by atoms with Gasteiger partial charge in [0.1, 0.15) is 12.1 Å². The predicted molar refractivity (Wildman–Crippen MR) is 43.2 cm³/mol. The Kier molecular flexibility index (Phi) is 1.94. The Balaban J connectivity index is 3.47. The maximum absolute atomic E-state index is 8.65. The molecule has 54 valence electrons. The first kappa shape index (κ1) is 7.78. The summed E-state index contributed by atoms with van der Waals surface area (Å²) < 4.78 is 0. The van der Waals surface area contributed by atoms with Crippen LogP contribution in [0.1, 0.15) is 20.9 Å². The molecule has 0 saturated carbocycles. The molecular weight excluding hydrogens is 156 g/mol. The van der Waals surface area contributed by atoms with E-state index in [2.05, 4.69) is 0 Å². The van der Waals surface area contributed by atoms with Gasteiger partial charge in [-0.25, -0.2) is 0 Å². The second-order valence-corrected chi connectivity index (χ2v) is 3.62. The Morgan fingerprint density at radius 2 is 1.36 bits per heavy atom. The van der Waals surface area contributed by atoms with Crippen LogP contribution in [0, 0.1) is 36.5 Å². The number of nitrogens with zero attached hydrogens (tertiary/aromatic N) is 2. The number of thiophene rings is 1. The van der Waals surface area contributed by atoms with E-state index < -0.39 is 0 Å². The molecule has 0 atom stereocenters. The van der Waals surface area contributed by atoms with Gasteiger partial charge in [-0.2, -0.15) is 10.5 Å². The molecule has 0 radical (unpaired) electrons. The second kappa shape index (κ2) is 2.74. The molecule has 0 fully saturated rings. The normalized spacial score (nSPS) is 8.73. The molecule has 0 bridgehead atoms. The Bertz CT molecular complexity index is 328. The third-order valence-corrected chi connectivity index (χ3v) is 2.50. The largest absolute Gasteiger partial charge is 0.192 e. The average Bonchev–Trinajstić information content (AvgIpc) is 2.24. The summed E-state index contributed by atoms with van der Waals surface area (Å²) >= 11 is 1.50. The Morgan fingerprint density at radius 3 is 1.64 bits per heavy atom. The maximum atomic E-state index is 8.65. The summed E-state index contributed by atoms with van der Waals surface area (Å²) in [6, 6.07) is 4.05. The molecule has 0 amide bonds. The van der Waals surface area contributed by atoms with Gasteiger partial charge in [-0.3, -0.25) is 0 Å². The highest BCUT2D eigenvalue weighted by atomic mass is 32.1. The molecule has 1 heterocycles. The monoisotopic (exact) mass is 162 g/mol. The predicted octanol–water partition coefficient (Wildman–Crippen LogP) is 2.11. The zero-order valence-electron chi connectivity index (χ0n) is 6.30. The van der Waals surface area contributed by atoms with Crippen molar-refractivity contribution in [3.63, 3.8) is 0 Å². The molecular formula is C8H6N2S. The van der Waals surface area contributed by atoms with Crippen LogP contribution in [-0.4, -0.2) is 0 Å². The molecule has 0 aliphatic rings. The number of rotatable bonds is 0. The molecule has 0 saturated heterocycles. The maximum Gasteiger partial charge on any atom is 0.102 e. The SMILES string of the molecule is Cc1sc(C)c(C#N)c1C#N. The van der Waals surface area contributed by atoms with Crippen LogP contribution in [0.15, 0.2) is 0 Å². The minimum atomic E-state index is 0.537. The van der Waals surface area contributed by atoms with Gasteiger partial charge in [0.2, 0.25) is 0 Å². The molecule has 0 unspecified atom stereocenters. The molecule has 0 aliphatic heterocycles. The van der Waals surface area contributed by atoms with Gasteiger partial charge in [-0.15, -0.1) is 11.3 Å². The van der Waals surface area contributed by atoms with Crippen LogP contribution in [0.5, 0.6) is 0 Å². The van der Waals surface area contributed by atoms with E-state index in [1.807, 2.05) is 26.0 Å². The zero-order chi connectivity index (χ0) is 8.43. The van der Waals surface area contributed by atoms with Gasteiger partial charge in [0.05, 0.1) is 11.1 Å². The van der Waals surface area contributed by atoms with Crippen molar-refractivity contribution in [3.8, 4) is 12.1 Å². The van der Waals surface area contributed by atoms with Crippen molar-refractivity contribution < 1.29 is 0 Å². The van der Waals surface area contributed by atoms with Gasteiger partial charge in [0.25, 0.3) is 0 Å². The number of nitriles is 2. The zero-order valence-corrected chi connectivity index (χ0v) is 7.12. The van der Waals surface area contributed by atoms with E-state index in [-0.39, 0.29) is 0 Å². The fraction of sp³-hybridized carbons (Fsp3) is 0.250. The first-order valence-corrected chi connectivity index (χ1v) is 3.92. The van der Waals surface area contributed by atoms with Crippen LogP contribution >= 0.6 is 11.3 Å². The Morgan fingerprint density at radius 1 is 1.00 bits per heavy atom. The van der Waals surface area contributed by atoms with Gasteiger partial charge in [0.15, 0.2) is 0 Å². The van der Waals surface area contributed by atoms with Crippen LogP contribution < -0.4 is 0 Å². The van der Waals surface area contributed by atoms with E-state index in [9.17, 15) is 0 Å². The Hall–Kier alpha value is -1.32. The first-order valence-electron chi connectivity index (χ1n) is 3.11. The summed E-state index contributed by atoms with van der Waals surface area (Å²) in [5.74, 6) is 0. The van der Waals surface area contributed by atoms with Gasteiger partial charge < -0.3 is 0 Å². The molecule has 1 aromatic heterocycles. The van der Waals surface area contributed by atoms with Gasteiger partial charge in [-0.1, -0.05) is 0 Å². The van der Waals surface area contributed by atoms with Crippen molar-refractivity contribution in [1.82, 2.24) is 0 Å². The van der Waals surface area contributed by atoms with E-state index in [4.69, 9.17) is 10.5 Å². The van der Waals surface area contributed by atoms with Crippen LogP contribution in [0.4, 0.5) is 0 Å². The minimum Gasteiger partial charge on any atom is -0.192 e. The lowest BCUT2D eigenvalue weighted by molar-refractivity contribution is 1.41. The number of aryl methyl sites for hydroxylation is 2. The molecule has 0 N–H and O–H groups in total. The van der Waals surface area contributed by atoms with E-state index in [1.54, 1.807) is 0 Å². The van der Waals surface area contributed by atoms with Crippen molar-refractivity contribution >= 4 is 11.3 Å². The Labute approximate surface area is 69.3 Å². The van der Waals surface area contributed by atoms with E-state index in [1.165, 1.54) is 11.3 Å². The van der Waals surface area contributed by atoms with Crippen LogP contribution in [-0.2, 0) is 0 Å². The fourth-order valence-electron chi connectivity index (χ4n) is 0.953. The fourth-order valence-corrected chi connectivity index (χ4v) is 1.91. The summed E-state index contributed by atoms with van der Waals surface area (Å²) in [5.41, 5.74) is 1.07. The van der Waals surface area contributed by atoms with Gasteiger partial charge in [0, 0.05) is 9.75 Å². The van der Waals surface area contributed by atoms with Crippen molar-refractivity contribution in [2.24, 2.45) is 0 Å². The van der Waals surface area contributed by atoms with Crippen LogP contribution in [0.2, 0.25) is 0 Å². The molecule has 0 aliphatic carbocycles. The van der Waals surface area contributed by atoms with E-state index in [0.717, 1.165) is 9.75 Å². The van der Waals surface area contributed by atoms with E-state index >= 15 is 0 Å². The molecule has 11 heavy (non-hydrogen) atoms. The highest BCUT2D eigenvalue weighted by Crippen LogP contribution is 2.25. The second-order valence-electron chi connectivity index (χ2n) is 2.19. The van der Waals surface area contributed by atoms with Crippen molar-refractivity contribution in [2.75, 3.05) is 0 Å². The van der Waals surface area contributed by atoms with Crippen molar-refractivity contribution in [3.05, 3.63) is 20.9 Å². The molecule has 0 spiro atoms. The molecule has 1 rings (SSSR count). The minimum absolute atomic E-state index is 0.537. The third kappa shape index (κ3) is 1.11. The summed E-state index contributed by atoms with van der Waals surface area (Å²) in [7, 11) is 0. The molecule has 0 aromatic carbocycles. The highest BCUT2D eigenvalue weighted by molar-refractivity contribution is 7.12. The lowest BCUT2D eigenvalue weighted by atomic mass is 10.1. The van der Waals surface area contributed by atoms with Crippen LogP contribution in [0.25, 0.3) is 0 Å². The van der Waals surface area contributed by atoms with Crippen molar-refractivity contribution in [2.45, 2.75) is 13.8 Å². The quantitative estimate of drug-likeness (QED) is 0.586. The lowest BCUT2D eigenvalue weighted by Gasteiger charge is -1.83.